The molecular formula is C23H21N3O. The predicted molar refractivity (Wildman–Crippen MR) is 108 cm³/mol. The van der Waals surface area contributed by atoms with Crippen molar-refractivity contribution < 1.29 is 4.79 Å². The van der Waals surface area contributed by atoms with Crippen LogP contribution in [-0.2, 0) is 13.1 Å². The highest BCUT2D eigenvalue weighted by molar-refractivity contribution is 5.97. The summed E-state index contributed by atoms with van der Waals surface area (Å²) in [6.45, 7) is 2.88. The van der Waals surface area contributed by atoms with Gasteiger partial charge in [0.05, 0.1) is 17.6 Å². The Morgan fingerprint density at radius 3 is 1.96 bits per heavy atom. The number of rotatable bonds is 5. The number of aromatic nitrogens is 2. The maximum absolute atomic E-state index is 12.8. The summed E-state index contributed by atoms with van der Waals surface area (Å²) < 4.78 is 3.70. The van der Waals surface area contributed by atoms with Crippen molar-refractivity contribution in [1.29, 1.82) is 5.41 Å². The number of hydrogen-bond donors (Lipinski definition) is 1. The van der Waals surface area contributed by atoms with Gasteiger partial charge in [-0.05, 0) is 30.2 Å². The van der Waals surface area contributed by atoms with Gasteiger partial charge in [0.25, 0.3) is 0 Å². The molecule has 4 rings (SSSR count). The molecule has 1 N–H and O–H groups in total. The number of nitrogens with one attached hydrogen (secondary N) is 1. The fourth-order valence-corrected chi connectivity index (χ4v) is 3.49. The Hall–Kier alpha value is -3.40. The van der Waals surface area contributed by atoms with E-state index in [1.807, 2.05) is 78.2 Å². The average Bonchev–Trinajstić information content (AvgIpc) is 2.99. The molecule has 4 nitrogen and oxygen atoms in total. The summed E-state index contributed by atoms with van der Waals surface area (Å²) >= 11 is 0. The molecule has 4 heteroatoms. The fraction of sp³-hybridized carbons (Fsp3) is 0.130. The summed E-state index contributed by atoms with van der Waals surface area (Å²) in [5.41, 5.74) is 5.13. The van der Waals surface area contributed by atoms with Crippen LogP contribution in [0.4, 0.5) is 0 Å². The summed E-state index contributed by atoms with van der Waals surface area (Å²) in [7, 11) is 0. The molecule has 3 aromatic carbocycles. The number of para-hydroxylation sites is 2. The second-order valence-corrected chi connectivity index (χ2v) is 6.51. The lowest BCUT2D eigenvalue weighted by Crippen LogP contribution is -2.27. The second-order valence-electron chi connectivity index (χ2n) is 6.51. The quantitative estimate of drug-likeness (QED) is 0.527. The van der Waals surface area contributed by atoms with Crippen molar-refractivity contribution in [2.24, 2.45) is 0 Å². The minimum Gasteiger partial charge on any atom is -0.311 e. The van der Waals surface area contributed by atoms with Gasteiger partial charge in [-0.2, -0.15) is 0 Å². The molecule has 0 atom stereocenters. The molecule has 134 valence electrons. The summed E-state index contributed by atoms with van der Waals surface area (Å²) in [5.74, 6) is 0.00659. The third-order valence-electron chi connectivity index (χ3n) is 4.91. The van der Waals surface area contributed by atoms with Crippen molar-refractivity contribution >= 4 is 16.8 Å². The number of carbonyl (C=O) groups excluding carboxylic acids is 1. The minimum absolute atomic E-state index is 0.00659. The molecule has 0 bridgehead atoms. The zero-order valence-electron chi connectivity index (χ0n) is 15.2. The molecule has 0 saturated heterocycles. The smallest absolute Gasteiger partial charge is 0.203 e. The lowest BCUT2D eigenvalue weighted by atomic mass is 10.0. The van der Waals surface area contributed by atoms with Gasteiger partial charge in [0.15, 0.2) is 5.78 Å². The van der Waals surface area contributed by atoms with Crippen molar-refractivity contribution in [2.45, 2.75) is 20.0 Å². The van der Waals surface area contributed by atoms with Crippen LogP contribution < -0.4 is 5.62 Å². The van der Waals surface area contributed by atoms with Crippen LogP contribution in [0.3, 0.4) is 0 Å². The Balaban J connectivity index is 1.64. The van der Waals surface area contributed by atoms with Crippen molar-refractivity contribution in [1.82, 2.24) is 9.13 Å². The number of carbonyl (C=O) groups is 1. The van der Waals surface area contributed by atoms with Crippen molar-refractivity contribution in [3.05, 3.63) is 90.0 Å². The van der Waals surface area contributed by atoms with E-state index in [4.69, 9.17) is 5.41 Å². The van der Waals surface area contributed by atoms with Crippen LogP contribution in [-0.4, -0.2) is 14.9 Å². The Bertz CT molecular complexity index is 1150. The molecule has 0 spiro atoms. The lowest BCUT2D eigenvalue weighted by Gasteiger charge is -2.06. The van der Waals surface area contributed by atoms with Crippen LogP contribution in [0.15, 0.2) is 78.9 Å². The number of benzene rings is 3. The van der Waals surface area contributed by atoms with E-state index in [2.05, 4.69) is 12.1 Å². The number of nitrogens with zero attached hydrogens (tertiary/aromatic N) is 2. The molecule has 0 amide bonds. The van der Waals surface area contributed by atoms with Crippen molar-refractivity contribution in [3.8, 4) is 11.1 Å². The molecule has 0 saturated carbocycles. The average molecular weight is 355 g/mol. The zero-order valence-corrected chi connectivity index (χ0v) is 15.2. The molecule has 0 aliphatic carbocycles. The Labute approximate surface area is 157 Å². The topological polar surface area (TPSA) is 50.8 Å². The van der Waals surface area contributed by atoms with Gasteiger partial charge in [0.2, 0.25) is 5.62 Å². The number of imidazole rings is 1. The van der Waals surface area contributed by atoms with Gasteiger partial charge < -0.3 is 9.13 Å². The molecule has 27 heavy (non-hydrogen) atoms. The van der Waals surface area contributed by atoms with E-state index in [1.54, 1.807) is 4.57 Å². The maximum Gasteiger partial charge on any atom is 0.203 e. The van der Waals surface area contributed by atoms with Gasteiger partial charge in [-0.25, -0.2) is 0 Å². The van der Waals surface area contributed by atoms with Gasteiger partial charge in [0.1, 0.15) is 0 Å². The van der Waals surface area contributed by atoms with Crippen molar-refractivity contribution in [3.63, 3.8) is 0 Å². The largest absolute Gasteiger partial charge is 0.311 e. The van der Waals surface area contributed by atoms with E-state index in [-0.39, 0.29) is 12.3 Å². The molecule has 0 aliphatic rings. The number of Topliss-reactive ketones (excluding diaryl/α,β-unsaturated/α-hetero) is 1. The second kappa shape index (κ2) is 7.08. The number of ketones is 1. The molecule has 1 aromatic heterocycles. The Morgan fingerprint density at radius 2 is 1.33 bits per heavy atom. The third kappa shape index (κ3) is 3.10. The number of hydrogen-bond acceptors (Lipinski definition) is 2. The highest BCUT2D eigenvalue weighted by atomic mass is 16.1. The van der Waals surface area contributed by atoms with Gasteiger partial charge in [-0.1, -0.05) is 66.7 Å². The summed E-state index contributed by atoms with van der Waals surface area (Å²) in [5, 5.41) is 8.45. The highest BCUT2D eigenvalue weighted by Gasteiger charge is 2.14. The van der Waals surface area contributed by atoms with E-state index in [9.17, 15) is 4.79 Å². The van der Waals surface area contributed by atoms with Crippen LogP contribution in [0.2, 0.25) is 0 Å². The third-order valence-corrected chi connectivity index (χ3v) is 4.91. The highest BCUT2D eigenvalue weighted by Crippen LogP contribution is 2.20. The van der Waals surface area contributed by atoms with E-state index in [0.29, 0.717) is 17.7 Å². The van der Waals surface area contributed by atoms with E-state index in [0.717, 1.165) is 22.2 Å². The van der Waals surface area contributed by atoms with Crippen LogP contribution in [0.25, 0.3) is 22.2 Å². The predicted octanol–water partition coefficient (Wildman–Crippen LogP) is 4.49. The van der Waals surface area contributed by atoms with Gasteiger partial charge in [0, 0.05) is 12.1 Å². The minimum atomic E-state index is 0.00659. The first-order chi connectivity index (χ1) is 13.2. The fourth-order valence-electron chi connectivity index (χ4n) is 3.49. The first-order valence-electron chi connectivity index (χ1n) is 9.10. The summed E-state index contributed by atoms with van der Waals surface area (Å²) in [4.78, 5) is 12.8. The monoisotopic (exact) mass is 355 g/mol. The van der Waals surface area contributed by atoms with Gasteiger partial charge >= 0.3 is 0 Å². The first-order valence-corrected chi connectivity index (χ1v) is 9.10. The molecule has 0 aliphatic heterocycles. The van der Waals surface area contributed by atoms with Crippen LogP contribution in [0.5, 0.6) is 0 Å². The van der Waals surface area contributed by atoms with Crippen LogP contribution >= 0.6 is 0 Å². The van der Waals surface area contributed by atoms with E-state index < -0.39 is 0 Å². The number of fused-ring (bicyclic) bond motifs is 1. The first kappa shape index (κ1) is 17.0. The standard InChI is InChI=1S/C23H21N3O/c1-2-25-20-10-6-7-11-21(20)26(23(25)24)16-22(27)19-14-12-18(13-15-19)17-8-4-3-5-9-17/h3-15,24H,2,16H2,1H3. The summed E-state index contributed by atoms with van der Waals surface area (Å²) in [6, 6.07) is 25.7. The van der Waals surface area contributed by atoms with Gasteiger partial charge in [-0.3, -0.25) is 10.2 Å². The Morgan fingerprint density at radius 1 is 0.778 bits per heavy atom. The molecular weight excluding hydrogens is 334 g/mol. The van der Waals surface area contributed by atoms with E-state index >= 15 is 0 Å². The maximum atomic E-state index is 12.8. The van der Waals surface area contributed by atoms with Gasteiger partial charge in [-0.15, -0.1) is 0 Å². The normalized spacial score (nSPS) is 11.0. The molecule has 1 heterocycles. The molecule has 0 radical (unpaired) electrons. The molecule has 0 fully saturated rings. The zero-order chi connectivity index (χ0) is 18.8. The molecule has 4 aromatic rings. The van der Waals surface area contributed by atoms with Crippen LogP contribution in [0, 0.1) is 5.41 Å². The van der Waals surface area contributed by atoms with Crippen LogP contribution in [0.1, 0.15) is 17.3 Å². The summed E-state index contributed by atoms with van der Waals surface area (Å²) in [6.07, 6.45) is 0. The molecule has 0 unspecified atom stereocenters. The Kier molecular flexibility index (Phi) is 4.47. The number of aryl methyl sites for hydroxylation is 1. The van der Waals surface area contributed by atoms with Crippen molar-refractivity contribution in [2.75, 3.05) is 0 Å². The van der Waals surface area contributed by atoms with E-state index in [1.165, 1.54) is 0 Å². The SMILES string of the molecule is CCn1c(=N)n(CC(=O)c2ccc(-c3ccccc3)cc2)c2ccccc21. The lowest BCUT2D eigenvalue weighted by molar-refractivity contribution is 0.0971.